The van der Waals surface area contributed by atoms with E-state index in [0.29, 0.717) is 6.54 Å². The van der Waals surface area contributed by atoms with Crippen LogP contribution in [-0.4, -0.2) is 20.1 Å². The average Bonchev–Trinajstić information content (AvgIpc) is 2.62. The molecule has 4 nitrogen and oxygen atoms in total. The maximum atomic E-state index is 11.5. The van der Waals surface area contributed by atoms with Gasteiger partial charge in [0.2, 0.25) is 0 Å². The fourth-order valence-corrected chi connectivity index (χ4v) is 2.19. The van der Waals surface area contributed by atoms with E-state index >= 15 is 0 Å². The predicted molar refractivity (Wildman–Crippen MR) is 64.6 cm³/mol. The maximum absolute atomic E-state index is 11.5. The largest absolute Gasteiger partial charge is 0.345 e. The molecule has 0 aliphatic rings. The molecule has 0 radical (unpaired) electrons. The minimum atomic E-state index is -0.0614. The molecule has 1 aromatic carbocycles. The Morgan fingerprint density at radius 3 is 2.69 bits per heavy atom. The number of hydrogen-bond donors (Lipinski definition) is 0. The Labute approximate surface area is 97.9 Å². The van der Waals surface area contributed by atoms with Crippen LogP contribution in [0.1, 0.15) is 0 Å². The zero-order chi connectivity index (χ0) is 11.4. The Balaban J connectivity index is 1.90. The summed E-state index contributed by atoms with van der Waals surface area (Å²) in [5, 5.41) is 4.00. The lowest BCUT2D eigenvalue weighted by Crippen LogP contribution is -2.23. The first-order chi connectivity index (χ1) is 7.77. The first kappa shape index (κ1) is 11.0. The van der Waals surface area contributed by atoms with Crippen LogP contribution >= 0.6 is 11.8 Å². The van der Waals surface area contributed by atoms with Gasteiger partial charge in [0.15, 0.2) is 0 Å². The normalized spacial score (nSPS) is 10.6. The van der Waals surface area contributed by atoms with Crippen LogP contribution in [0.2, 0.25) is 0 Å². The second-order valence-corrected chi connectivity index (χ2v) is 4.58. The van der Waals surface area contributed by atoms with Gasteiger partial charge in [0, 0.05) is 17.7 Å². The van der Waals surface area contributed by atoms with Crippen molar-refractivity contribution in [1.82, 2.24) is 14.3 Å². The number of rotatable bonds is 4. The second-order valence-electron chi connectivity index (χ2n) is 3.41. The van der Waals surface area contributed by atoms with Gasteiger partial charge in [-0.25, -0.2) is 9.48 Å². The molecule has 1 heterocycles. The predicted octanol–water partition coefficient (Wildman–Crippen LogP) is 1.37. The van der Waals surface area contributed by atoms with Gasteiger partial charge in [-0.2, -0.15) is 5.10 Å². The lowest BCUT2D eigenvalue weighted by molar-refractivity contribution is 0.629. The highest BCUT2D eigenvalue weighted by Crippen LogP contribution is 2.16. The van der Waals surface area contributed by atoms with Crippen LogP contribution in [0.25, 0.3) is 0 Å². The number of nitrogens with zero attached hydrogens (tertiary/aromatic N) is 3. The van der Waals surface area contributed by atoms with E-state index in [9.17, 15) is 4.79 Å². The monoisotopic (exact) mass is 235 g/mol. The first-order valence-electron chi connectivity index (χ1n) is 5.03. The summed E-state index contributed by atoms with van der Waals surface area (Å²) in [4.78, 5) is 12.7. The highest BCUT2D eigenvalue weighted by molar-refractivity contribution is 7.99. The van der Waals surface area contributed by atoms with Crippen LogP contribution < -0.4 is 5.69 Å². The van der Waals surface area contributed by atoms with Crippen molar-refractivity contribution < 1.29 is 0 Å². The van der Waals surface area contributed by atoms with Crippen molar-refractivity contribution in [3.8, 4) is 0 Å². The molecular formula is C11H13N3OS. The van der Waals surface area contributed by atoms with Gasteiger partial charge in [0.25, 0.3) is 0 Å². The minimum Gasteiger partial charge on any atom is -0.285 e. The molecular weight excluding hydrogens is 222 g/mol. The summed E-state index contributed by atoms with van der Waals surface area (Å²) >= 11 is 1.72. The molecule has 0 fully saturated rings. The third-order valence-corrected chi connectivity index (χ3v) is 3.19. The fourth-order valence-electron chi connectivity index (χ4n) is 1.34. The molecule has 0 aliphatic heterocycles. The minimum absolute atomic E-state index is 0.0614. The Kier molecular flexibility index (Phi) is 3.46. The second kappa shape index (κ2) is 5.03. The average molecular weight is 235 g/mol. The van der Waals surface area contributed by atoms with Crippen molar-refractivity contribution in [1.29, 1.82) is 0 Å². The van der Waals surface area contributed by atoms with Crippen molar-refractivity contribution in [2.45, 2.75) is 11.4 Å². The highest BCUT2D eigenvalue weighted by atomic mass is 32.2. The third kappa shape index (κ3) is 2.55. The Bertz CT molecular complexity index is 503. The quantitative estimate of drug-likeness (QED) is 0.751. The van der Waals surface area contributed by atoms with Gasteiger partial charge in [0.05, 0.1) is 6.54 Å². The van der Waals surface area contributed by atoms with E-state index in [1.54, 1.807) is 18.8 Å². The van der Waals surface area contributed by atoms with Crippen LogP contribution in [0.4, 0.5) is 0 Å². The number of hydrogen-bond acceptors (Lipinski definition) is 3. The van der Waals surface area contributed by atoms with E-state index in [-0.39, 0.29) is 5.69 Å². The molecule has 1 aromatic heterocycles. The van der Waals surface area contributed by atoms with Crippen molar-refractivity contribution in [3.63, 3.8) is 0 Å². The van der Waals surface area contributed by atoms with Gasteiger partial charge in [-0.05, 0) is 12.1 Å². The number of thioether (sulfide) groups is 1. The molecule has 16 heavy (non-hydrogen) atoms. The Morgan fingerprint density at radius 2 is 2.06 bits per heavy atom. The standard InChI is InChI=1S/C11H13N3OS/c1-13-9-12-14(11(13)15)7-8-16-10-5-3-2-4-6-10/h2-6,9H,7-8H2,1H3. The number of benzene rings is 1. The molecule has 0 saturated heterocycles. The summed E-state index contributed by atoms with van der Waals surface area (Å²) in [6, 6.07) is 10.1. The zero-order valence-corrected chi connectivity index (χ0v) is 9.85. The number of aromatic nitrogens is 3. The zero-order valence-electron chi connectivity index (χ0n) is 9.04. The van der Waals surface area contributed by atoms with E-state index in [0.717, 1.165) is 5.75 Å². The molecule has 84 valence electrons. The fraction of sp³-hybridized carbons (Fsp3) is 0.273. The third-order valence-electron chi connectivity index (χ3n) is 2.20. The van der Waals surface area contributed by atoms with Crippen LogP contribution in [0.5, 0.6) is 0 Å². The van der Waals surface area contributed by atoms with Gasteiger partial charge < -0.3 is 0 Å². The molecule has 2 rings (SSSR count). The smallest absolute Gasteiger partial charge is 0.285 e. The van der Waals surface area contributed by atoms with Gasteiger partial charge in [-0.3, -0.25) is 4.57 Å². The lowest BCUT2D eigenvalue weighted by atomic mass is 10.4. The van der Waals surface area contributed by atoms with Gasteiger partial charge in [-0.1, -0.05) is 18.2 Å². The van der Waals surface area contributed by atoms with E-state index < -0.39 is 0 Å². The Morgan fingerprint density at radius 1 is 1.31 bits per heavy atom. The molecule has 2 aromatic rings. The van der Waals surface area contributed by atoms with Crippen LogP contribution in [0.15, 0.2) is 46.3 Å². The van der Waals surface area contributed by atoms with E-state index in [1.165, 1.54) is 20.5 Å². The highest BCUT2D eigenvalue weighted by Gasteiger charge is 2.00. The maximum Gasteiger partial charge on any atom is 0.345 e. The van der Waals surface area contributed by atoms with Gasteiger partial charge in [0.1, 0.15) is 6.33 Å². The molecule has 0 N–H and O–H groups in total. The summed E-state index contributed by atoms with van der Waals surface area (Å²) in [5.41, 5.74) is -0.0614. The van der Waals surface area contributed by atoms with Crippen molar-refractivity contribution >= 4 is 11.8 Å². The Hall–Kier alpha value is -1.49. The molecule has 0 amide bonds. The van der Waals surface area contributed by atoms with E-state index in [2.05, 4.69) is 17.2 Å². The van der Waals surface area contributed by atoms with Gasteiger partial charge in [-0.15, -0.1) is 11.8 Å². The van der Waals surface area contributed by atoms with Crippen molar-refractivity contribution in [3.05, 3.63) is 47.1 Å². The summed E-state index contributed by atoms with van der Waals surface area (Å²) in [5.74, 6) is 0.848. The van der Waals surface area contributed by atoms with Crippen molar-refractivity contribution in [2.24, 2.45) is 7.05 Å². The first-order valence-corrected chi connectivity index (χ1v) is 6.02. The van der Waals surface area contributed by atoms with Crippen LogP contribution in [0, 0.1) is 0 Å². The number of aryl methyl sites for hydroxylation is 2. The van der Waals surface area contributed by atoms with Crippen LogP contribution in [-0.2, 0) is 13.6 Å². The molecule has 0 unspecified atom stereocenters. The van der Waals surface area contributed by atoms with Crippen molar-refractivity contribution in [2.75, 3.05) is 5.75 Å². The van der Waals surface area contributed by atoms with E-state index in [4.69, 9.17) is 0 Å². The van der Waals surface area contributed by atoms with E-state index in [1.807, 2.05) is 18.2 Å². The summed E-state index contributed by atoms with van der Waals surface area (Å²) < 4.78 is 2.96. The summed E-state index contributed by atoms with van der Waals surface area (Å²) in [7, 11) is 1.70. The summed E-state index contributed by atoms with van der Waals surface area (Å²) in [6.07, 6.45) is 1.54. The SMILES string of the molecule is Cn1cnn(CCSc2ccccc2)c1=O. The molecule has 0 bridgehead atoms. The molecule has 0 atom stereocenters. The topological polar surface area (TPSA) is 39.8 Å². The molecule has 0 saturated carbocycles. The molecule has 0 spiro atoms. The lowest BCUT2D eigenvalue weighted by Gasteiger charge is -2.00. The summed E-state index contributed by atoms with van der Waals surface area (Å²) in [6.45, 7) is 0.638. The van der Waals surface area contributed by atoms with Gasteiger partial charge >= 0.3 is 5.69 Å². The van der Waals surface area contributed by atoms with Crippen LogP contribution in [0.3, 0.4) is 0 Å². The molecule has 0 aliphatic carbocycles. The molecule has 5 heteroatoms.